The quantitative estimate of drug-likeness (QED) is 0.633. The molecule has 0 bridgehead atoms. The Morgan fingerprint density at radius 1 is 0.846 bits per heavy atom. The van der Waals surface area contributed by atoms with Crippen LogP contribution in [-0.4, -0.2) is 16.4 Å². The first-order valence-electron chi connectivity index (χ1n) is 8.05. The maximum absolute atomic E-state index is 13.7. The molecule has 1 amide bonds. The van der Waals surface area contributed by atoms with E-state index in [2.05, 4.69) is 4.36 Å². The molecule has 0 aliphatic heterocycles. The molecule has 0 radical (unpaired) electrons. The Labute approximate surface area is 152 Å². The van der Waals surface area contributed by atoms with Crippen LogP contribution in [0.5, 0.6) is 0 Å². The van der Waals surface area contributed by atoms with E-state index >= 15 is 0 Å². The molecule has 130 valence electrons. The summed E-state index contributed by atoms with van der Waals surface area (Å²) < 4.78 is 17.7. The van der Waals surface area contributed by atoms with Crippen molar-refractivity contribution in [3.05, 3.63) is 102 Å². The van der Waals surface area contributed by atoms with Crippen molar-refractivity contribution in [1.82, 2.24) is 0 Å². The number of amides is 1. The van der Waals surface area contributed by atoms with Crippen molar-refractivity contribution < 1.29 is 13.8 Å². The number of hydrogen-bond donors (Lipinski definition) is 0. The molecule has 0 aliphatic carbocycles. The molecule has 0 N–H and O–H groups in total. The summed E-state index contributed by atoms with van der Waals surface area (Å²) in [6.07, 6.45) is 0.601. The van der Waals surface area contributed by atoms with E-state index < -0.39 is 15.6 Å². The van der Waals surface area contributed by atoms with Crippen LogP contribution in [-0.2, 0) is 15.5 Å². The second-order valence-corrected chi connectivity index (χ2v) is 7.91. The third-order valence-electron chi connectivity index (χ3n) is 3.87. The lowest BCUT2D eigenvalue weighted by atomic mass is 10.1. The third kappa shape index (κ3) is 3.95. The highest BCUT2D eigenvalue weighted by atomic mass is 32.2. The van der Waals surface area contributed by atoms with Crippen LogP contribution in [0.4, 0.5) is 0 Å². The van der Waals surface area contributed by atoms with E-state index in [1.807, 2.05) is 36.4 Å². The van der Waals surface area contributed by atoms with E-state index in [0.717, 1.165) is 5.56 Å². The van der Waals surface area contributed by atoms with Crippen molar-refractivity contribution in [3.63, 3.8) is 0 Å². The van der Waals surface area contributed by atoms with Gasteiger partial charge >= 0.3 is 0 Å². The van der Waals surface area contributed by atoms with Crippen LogP contribution in [0.25, 0.3) is 0 Å². The van der Waals surface area contributed by atoms with Gasteiger partial charge < -0.3 is 0 Å². The topological polar surface area (TPSA) is 63.6 Å². The van der Waals surface area contributed by atoms with Crippen molar-refractivity contribution in [2.24, 2.45) is 4.36 Å². The van der Waals surface area contributed by atoms with Gasteiger partial charge in [-0.05, 0) is 23.8 Å². The summed E-state index contributed by atoms with van der Waals surface area (Å²) >= 11 is 0. The summed E-state index contributed by atoms with van der Waals surface area (Å²) in [6, 6.07) is 24.4. The van der Waals surface area contributed by atoms with Gasteiger partial charge in [0.15, 0.2) is 6.29 Å². The van der Waals surface area contributed by atoms with E-state index in [9.17, 15) is 13.8 Å². The van der Waals surface area contributed by atoms with Crippen LogP contribution >= 0.6 is 0 Å². The number of aldehydes is 1. The Morgan fingerprint density at radius 2 is 1.42 bits per heavy atom. The fraction of sp³-hybridized carbons (Fsp3) is 0.0476. The maximum Gasteiger partial charge on any atom is 0.286 e. The molecule has 0 aromatic heterocycles. The zero-order chi connectivity index (χ0) is 18.4. The fourth-order valence-corrected chi connectivity index (χ4v) is 4.51. The predicted octanol–water partition coefficient (Wildman–Crippen LogP) is 4.37. The molecule has 1 atom stereocenters. The van der Waals surface area contributed by atoms with Crippen molar-refractivity contribution in [1.29, 1.82) is 0 Å². The van der Waals surface area contributed by atoms with Crippen molar-refractivity contribution in [2.45, 2.75) is 10.6 Å². The molecule has 1 unspecified atom stereocenters. The van der Waals surface area contributed by atoms with Gasteiger partial charge in [0.2, 0.25) is 0 Å². The van der Waals surface area contributed by atoms with Gasteiger partial charge in [0.1, 0.15) is 0 Å². The Balaban J connectivity index is 2.11. The smallest absolute Gasteiger partial charge is 0.286 e. The Morgan fingerprint density at radius 3 is 2.08 bits per heavy atom. The average Bonchev–Trinajstić information content (AvgIpc) is 2.69. The van der Waals surface area contributed by atoms with Crippen molar-refractivity contribution >= 4 is 21.9 Å². The lowest BCUT2D eigenvalue weighted by molar-refractivity contribution is 0.0997. The molecule has 26 heavy (non-hydrogen) atoms. The number of benzene rings is 3. The SMILES string of the molecule is O=Cc1ccccc1C(=O)N=S(=O)(Cc1ccccc1)c1ccccc1. The fourth-order valence-electron chi connectivity index (χ4n) is 2.58. The molecule has 5 heteroatoms. The minimum atomic E-state index is -3.03. The zero-order valence-corrected chi connectivity index (χ0v) is 14.8. The third-order valence-corrected chi connectivity index (χ3v) is 6.06. The summed E-state index contributed by atoms with van der Waals surface area (Å²) in [5.41, 5.74) is 1.21. The zero-order valence-electron chi connectivity index (χ0n) is 13.9. The van der Waals surface area contributed by atoms with Crippen LogP contribution in [0.2, 0.25) is 0 Å². The summed E-state index contributed by atoms with van der Waals surface area (Å²) in [5.74, 6) is -0.537. The van der Waals surface area contributed by atoms with Crippen LogP contribution in [0.1, 0.15) is 26.3 Å². The summed E-state index contributed by atoms with van der Waals surface area (Å²) in [4.78, 5) is 24.4. The molecular weight excluding hydrogens is 346 g/mol. The first kappa shape index (κ1) is 17.8. The van der Waals surface area contributed by atoms with Gasteiger partial charge in [0.25, 0.3) is 5.91 Å². The molecule has 3 aromatic carbocycles. The van der Waals surface area contributed by atoms with E-state index in [4.69, 9.17) is 0 Å². The van der Waals surface area contributed by atoms with Gasteiger partial charge in [-0.1, -0.05) is 66.7 Å². The number of carbonyl (C=O) groups is 2. The summed E-state index contributed by atoms with van der Waals surface area (Å²) in [7, 11) is -3.03. The first-order valence-corrected chi connectivity index (χ1v) is 9.73. The number of rotatable bonds is 5. The molecule has 0 fully saturated rings. The largest absolute Gasteiger partial charge is 0.298 e. The van der Waals surface area contributed by atoms with Crippen LogP contribution in [0.3, 0.4) is 0 Å². The van der Waals surface area contributed by atoms with E-state index in [0.29, 0.717) is 11.2 Å². The van der Waals surface area contributed by atoms with Crippen LogP contribution in [0, 0.1) is 0 Å². The molecule has 0 heterocycles. The lowest BCUT2D eigenvalue weighted by Crippen LogP contribution is -2.10. The normalized spacial score (nSPS) is 12.8. The van der Waals surface area contributed by atoms with E-state index in [1.165, 1.54) is 12.1 Å². The van der Waals surface area contributed by atoms with Crippen LogP contribution in [0.15, 0.2) is 94.2 Å². The maximum atomic E-state index is 13.7. The lowest BCUT2D eigenvalue weighted by Gasteiger charge is -2.11. The van der Waals surface area contributed by atoms with E-state index in [-0.39, 0.29) is 16.9 Å². The molecule has 0 saturated heterocycles. The van der Waals surface area contributed by atoms with Gasteiger partial charge in [-0.15, -0.1) is 0 Å². The van der Waals surface area contributed by atoms with Gasteiger partial charge in [-0.2, -0.15) is 4.36 Å². The molecule has 4 nitrogen and oxygen atoms in total. The summed E-state index contributed by atoms with van der Waals surface area (Å²) in [6.45, 7) is 0. The monoisotopic (exact) mass is 363 g/mol. The highest BCUT2D eigenvalue weighted by Gasteiger charge is 2.18. The summed E-state index contributed by atoms with van der Waals surface area (Å²) in [5, 5.41) is 0. The molecule has 0 aliphatic rings. The van der Waals surface area contributed by atoms with Gasteiger partial charge in [-0.3, -0.25) is 9.59 Å². The second kappa shape index (κ2) is 7.89. The predicted molar refractivity (Wildman–Crippen MR) is 102 cm³/mol. The van der Waals surface area contributed by atoms with Gasteiger partial charge in [-0.25, -0.2) is 4.21 Å². The molecule has 0 spiro atoms. The highest BCUT2D eigenvalue weighted by molar-refractivity contribution is 7.93. The highest BCUT2D eigenvalue weighted by Crippen LogP contribution is 2.21. The Kier molecular flexibility index (Phi) is 5.39. The van der Waals surface area contributed by atoms with Gasteiger partial charge in [0, 0.05) is 10.5 Å². The van der Waals surface area contributed by atoms with E-state index in [1.54, 1.807) is 36.4 Å². The van der Waals surface area contributed by atoms with Crippen molar-refractivity contribution in [2.75, 3.05) is 0 Å². The number of hydrogen-bond acceptors (Lipinski definition) is 3. The number of carbonyl (C=O) groups excluding carboxylic acids is 2. The second-order valence-electron chi connectivity index (χ2n) is 5.68. The molecule has 3 rings (SSSR count). The minimum absolute atomic E-state index is 0.118. The van der Waals surface area contributed by atoms with Gasteiger partial charge in [0.05, 0.1) is 21.0 Å². The molecular formula is C21H17NO3S. The number of nitrogens with zero attached hydrogens (tertiary/aromatic N) is 1. The average molecular weight is 363 g/mol. The van der Waals surface area contributed by atoms with Crippen molar-refractivity contribution in [3.8, 4) is 0 Å². The first-order chi connectivity index (χ1) is 12.6. The minimum Gasteiger partial charge on any atom is -0.298 e. The Hall–Kier alpha value is -3.05. The molecule has 3 aromatic rings. The molecule has 0 saturated carbocycles. The van der Waals surface area contributed by atoms with Crippen LogP contribution < -0.4 is 0 Å². The Bertz CT molecular complexity index is 1040. The standard InChI is InChI=1S/C21H17NO3S/c23-15-18-11-7-8-14-20(18)21(24)22-26(25,19-12-5-2-6-13-19)16-17-9-3-1-4-10-17/h1-15H,16H2.